The van der Waals surface area contributed by atoms with Crippen molar-refractivity contribution in [2.24, 2.45) is 0 Å². The highest BCUT2D eigenvalue weighted by molar-refractivity contribution is 7.11. The number of halogens is 1. The molecule has 5 nitrogen and oxygen atoms in total. The first-order valence-corrected chi connectivity index (χ1v) is 8.71. The van der Waals surface area contributed by atoms with Gasteiger partial charge in [0.15, 0.2) is 0 Å². The lowest BCUT2D eigenvalue weighted by Gasteiger charge is -2.34. The van der Waals surface area contributed by atoms with Crippen LogP contribution in [-0.4, -0.2) is 31.6 Å². The first-order chi connectivity index (χ1) is 11.2. The van der Waals surface area contributed by atoms with E-state index in [-0.39, 0.29) is 6.04 Å². The molecule has 1 aliphatic rings. The Bertz CT molecular complexity index is 810. The zero-order valence-corrected chi connectivity index (χ0v) is 14.2. The number of nitrogens with one attached hydrogen (secondary N) is 1. The van der Waals surface area contributed by atoms with E-state index in [2.05, 4.69) is 37.2 Å². The zero-order valence-electron chi connectivity index (χ0n) is 12.7. The van der Waals surface area contributed by atoms with E-state index in [9.17, 15) is 0 Å². The van der Waals surface area contributed by atoms with Gasteiger partial charge in [0.1, 0.15) is 10.0 Å². The third-order valence-corrected chi connectivity index (χ3v) is 5.19. The molecule has 0 amide bonds. The smallest absolute Gasteiger partial charge is 0.131 e. The normalized spacial score (nSPS) is 18.1. The molecule has 4 rings (SSSR count). The molecule has 0 bridgehead atoms. The average molecular weight is 346 g/mol. The number of hydrogen-bond acceptors (Lipinski definition) is 5. The minimum absolute atomic E-state index is 0.117. The summed E-state index contributed by atoms with van der Waals surface area (Å²) in [6.45, 7) is 3.73. The van der Waals surface area contributed by atoms with Crippen LogP contribution >= 0.6 is 22.9 Å². The number of imidazole rings is 1. The minimum atomic E-state index is 0.117. The lowest BCUT2D eigenvalue weighted by atomic mass is 9.96. The summed E-state index contributed by atoms with van der Waals surface area (Å²) in [5, 5.41) is 11.2. The highest BCUT2D eigenvalue weighted by atomic mass is 35.5. The van der Waals surface area contributed by atoms with Gasteiger partial charge in [-0.05, 0) is 24.6 Å². The van der Waals surface area contributed by atoms with Gasteiger partial charge < -0.3 is 4.98 Å². The van der Waals surface area contributed by atoms with Gasteiger partial charge in [-0.15, -0.1) is 21.5 Å². The topological polar surface area (TPSA) is 57.7 Å². The first-order valence-electron chi connectivity index (χ1n) is 7.51. The molecule has 1 aliphatic heterocycles. The summed E-state index contributed by atoms with van der Waals surface area (Å²) in [7, 11) is 0. The molecular weight excluding hydrogens is 330 g/mol. The molecule has 0 saturated carbocycles. The third kappa shape index (κ3) is 2.89. The van der Waals surface area contributed by atoms with Gasteiger partial charge in [-0.25, -0.2) is 4.98 Å². The van der Waals surface area contributed by atoms with E-state index in [0.29, 0.717) is 0 Å². The van der Waals surface area contributed by atoms with E-state index in [4.69, 9.17) is 11.6 Å². The quantitative estimate of drug-likeness (QED) is 0.790. The fraction of sp³-hybridized carbons (Fsp3) is 0.312. The van der Waals surface area contributed by atoms with Gasteiger partial charge in [-0.3, -0.25) is 4.90 Å². The van der Waals surface area contributed by atoms with Crippen molar-refractivity contribution in [3.8, 4) is 0 Å². The number of rotatable bonds is 3. The van der Waals surface area contributed by atoms with Crippen molar-refractivity contribution < 1.29 is 0 Å². The molecule has 1 unspecified atom stereocenters. The van der Waals surface area contributed by atoms with E-state index >= 15 is 0 Å². The van der Waals surface area contributed by atoms with Gasteiger partial charge in [0, 0.05) is 23.7 Å². The molecule has 1 atom stereocenters. The molecule has 2 aromatic heterocycles. The summed E-state index contributed by atoms with van der Waals surface area (Å²) in [5.74, 6) is 0. The van der Waals surface area contributed by atoms with Gasteiger partial charge in [0.2, 0.25) is 0 Å². The molecule has 1 aromatic carbocycles. The molecule has 118 valence electrons. The Morgan fingerprint density at radius 3 is 2.87 bits per heavy atom. The zero-order chi connectivity index (χ0) is 15.8. The Kier molecular flexibility index (Phi) is 3.88. The van der Waals surface area contributed by atoms with Crippen LogP contribution in [-0.2, 0) is 13.0 Å². The van der Waals surface area contributed by atoms with Crippen LogP contribution in [0.5, 0.6) is 0 Å². The Balaban J connectivity index is 1.71. The standard InChI is InChI=1S/C16H16ClN5S/c1-10-20-21-14(23-10)8-22-7-6-13-15(19-9-18-13)16(22)11-2-4-12(17)5-3-11/h2-5,9,16H,6-8H2,1H3,(H,18,19). The van der Waals surface area contributed by atoms with Crippen LogP contribution < -0.4 is 0 Å². The average Bonchev–Trinajstić information content (AvgIpc) is 3.17. The predicted octanol–water partition coefficient (Wildman–Crippen LogP) is 3.37. The summed E-state index contributed by atoms with van der Waals surface area (Å²) in [4.78, 5) is 10.2. The maximum Gasteiger partial charge on any atom is 0.131 e. The number of aryl methyl sites for hydroxylation is 1. The fourth-order valence-electron chi connectivity index (χ4n) is 3.08. The molecule has 0 radical (unpaired) electrons. The van der Waals surface area contributed by atoms with Crippen LogP contribution in [0.3, 0.4) is 0 Å². The van der Waals surface area contributed by atoms with E-state index in [0.717, 1.165) is 40.2 Å². The van der Waals surface area contributed by atoms with Crippen molar-refractivity contribution >= 4 is 22.9 Å². The second kappa shape index (κ2) is 6.03. The second-order valence-electron chi connectivity index (χ2n) is 5.66. The summed E-state index contributed by atoms with van der Waals surface area (Å²) in [6.07, 6.45) is 2.75. The molecule has 23 heavy (non-hydrogen) atoms. The van der Waals surface area contributed by atoms with Gasteiger partial charge in [0.05, 0.1) is 24.6 Å². The predicted molar refractivity (Wildman–Crippen MR) is 90.6 cm³/mol. The molecule has 3 heterocycles. The van der Waals surface area contributed by atoms with Gasteiger partial charge in [-0.2, -0.15) is 0 Å². The van der Waals surface area contributed by atoms with Crippen LogP contribution in [0.2, 0.25) is 5.02 Å². The molecule has 0 fully saturated rings. The highest BCUT2D eigenvalue weighted by Crippen LogP contribution is 2.35. The number of aromatic amines is 1. The molecule has 3 aromatic rings. The summed E-state index contributed by atoms with van der Waals surface area (Å²) >= 11 is 7.70. The van der Waals surface area contributed by atoms with Crippen LogP contribution in [0.4, 0.5) is 0 Å². The number of H-pyrrole nitrogens is 1. The lowest BCUT2D eigenvalue weighted by Crippen LogP contribution is -2.35. The van der Waals surface area contributed by atoms with Crippen molar-refractivity contribution in [2.75, 3.05) is 6.54 Å². The van der Waals surface area contributed by atoms with E-state index in [1.54, 1.807) is 17.7 Å². The summed E-state index contributed by atoms with van der Waals surface area (Å²) in [6, 6.07) is 8.15. The SMILES string of the molecule is Cc1nnc(CN2CCc3[nH]cnc3C2c2ccc(Cl)cc2)s1. The Morgan fingerprint density at radius 1 is 1.30 bits per heavy atom. The molecular formula is C16H16ClN5S. The molecule has 0 saturated heterocycles. The van der Waals surface area contributed by atoms with Gasteiger partial charge >= 0.3 is 0 Å². The van der Waals surface area contributed by atoms with Crippen molar-refractivity contribution in [3.63, 3.8) is 0 Å². The van der Waals surface area contributed by atoms with Crippen molar-refractivity contribution in [2.45, 2.75) is 25.9 Å². The van der Waals surface area contributed by atoms with Crippen LogP contribution in [0.25, 0.3) is 0 Å². The number of benzene rings is 1. The highest BCUT2D eigenvalue weighted by Gasteiger charge is 2.31. The molecule has 1 N–H and O–H groups in total. The van der Waals surface area contributed by atoms with Crippen molar-refractivity contribution in [1.29, 1.82) is 0 Å². The first kappa shape index (κ1) is 14.8. The maximum atomic E-state index is 6.05. The van der Waals surface area contributed by atoms with Crippen molar-refractivity contribution in [3.05, 3.63) is 62.6 Å². The number of aromatic nitrogens is 4. The summed E-state index contributed by atoms with van der Waals surface area (Å²) < 4.78 is 0. The minimum Gasteiger partial charge on any atom is -0.348 e. The van der Waals surface area contributed by atoms with Crippen LogP contribution in [0.1, 0.15) is 33.0 Å². The maximum absolute atomic E-state index is 6.05. The molecule has 0 aliphatic carbocycles. The van der Waals surface area contributed by atoms with Crippen molar-refractivity contribution in [1.82, 2.24) is 25.1 Å². The Labute approximate surface area is 143 Å². The Morgan fingerprint density at radius 2 is 2.13 bits per heavy atom. The monoisotopic (exact) mass is 345 g/mol. The van der Waals surface area contributed by atoms with Gasteiger partial charge in [0.25, 0.3) is 0 Å². The molecule has 0 spiro atoms. The van der Waals surface area contributed by atoms with E-state index in [1.165, 1.54) is 11.3 Å². The van der Waals surface area contributed by atoms with Crippen LogP contribution in [0.15, 0.2) is 30.6 Å². The number of nitrogens with zero attached hydrogens (tertiary/aromatic N) is 4. The lowest BCUT2D eigenvalue weighted by molar-refractivity contribution is 0.199. The van der Waals surface area contributed by atoms with E-state index < -0.39 is 0 Å². The van der Waals surface area contributed by atoms with E-state index in [1.807, 2.05) is 19.1 Å². The van der Waals surface area contributed by atoms with Crippen LogP contribution in [0, 0.1) is 6.92 Å². The summed E-state index contributed by atoms with van der Waals surface area (Å²) in [5.41, 5.74) is 3.51. The third-order valence-electron chi connectivity index (χ3n) is 4.12. The fourth-order valence-corrected chi connectivity index (χ4v) is 3.94. The largest absolute Gasteiger partial charge is 0.348 e. The second-order valence-corrected chi connectivity index (χ2v) is 7.36. The Hall–Kier alpha value is -1.76. The number of fused-ring (bicyclic) bond motifs is 1. The number of hydrogen-bond donors (Lipinski definition) is 1. The molecule has 7 heteroatoms. The van der Waals surface area contributed by atoms with Gasteiger partial charge in [-0.1, -0.05) is 23.7 Å².